The van der Waals surface area contributed by atoms with Crippen molar-refractivity contribution >= 4 is 32.2 Å². The number of benzene rings is 1. The number of rotatable bonds is 3. The van der Waals surface area contributed by atoms with Crippen molar-refractivity contribution in [2.45, 2.75) is 6.42 Å². The Kier molecular flexibility index (Phi) is 3.44. The molecule has 4 aromatic rings. The predicted octanol–water partition coefficient (Wildman–Crippen LogP) is 3.60. The van der Waals surface area contributed by atoms with Crippen molar-refractivity contribution in [3.8, 4) is 11.4 Å². The van der Waals surface area contributed by atoms with E-state index < -0.39 is 0 Å². The third kappa shape index (κ3) is 2.53. The van der Waals surface area contributed by atoms with Gasteiger partial charge in [0.05, 0.1) is 0 Å². The number of hydrogen-bond donors (Lipinski definition) is 0. The van der Waals surface area contributed by atoms with Crippen molar-refractivity contribution in [2.24, 2.45) is 0 Å². The first-order valence-electron chi connectivity index (χ1n) is 6.65. The molecule has 5 nitrogen and oxygen atoms in total. The summed E-state index contributed by atoms with van der Waals surface area (Å²) in [5.74, 6) is 0.708. The second-order valence-corrected chi connectivity index (χ2v) is 6.72. The van der Waals surface area contributed by atoms with Gasteiger partial charge in [0.1, 0.15) is 5.01 Å². The van der Waals surface area contributed by atoms with Gasteiger partial charge in [-0.1, -0.05) is 41.7 Å². The lowest BCUT2D eigenvalue weighted by atomic mass is 10.2. The van der Waals surface area contributed by atoms with Crippen molar-refractivity contribution in [1.82, 2.24) is 24.8 Å². The molecule has 0 saturated heterocycles. The lowest BCUT2D eigenvalue weighted by Gasteiger charge is -1.97. The van der Waals surface area contributed by atoms with Gasteiger partial charge in [0, 0.05) is 28.9 Å². The van der Waals surface area contributed by atoms with E-state index in [1.807, 2.05) is 24.3 Å². The lowest BCUT2D eigenvalue weighted by molar-refractivity contribution is 0.916. The molecule has 0 aliphatic heterocycles. The Morgan fingerprint density at radius 2 is 1.95 bits per heavy atom. The Hall–Kier alpha value is -2.12. The van der Waals surface area contributed by atoms with E-state index in [-0.39, 0.29) is 0 Å². The normalized spacial score (nSPS) is 11.1. The molecule has 0 bridgehead atoms. The summed E-state index contributed by atoms with van der Waals surface area (Å²) in [4.78, 5) is 4.96. The molecule has 0 spiro atoms. The van der Waals surface area contributed by atoms with Crippen LogP contribution < -0.4 is 0 Å². The molecule has 1 aromatic carbocycles. The minimum atomic E-state index is 0.708. The Bertz CT molecular complexity index is 931. The van der Waals surface area contributed by atoms with Crippen LogP contribution in [0.4, 0.5) is 0 Å². The zero-order chi connectivity index (χ0) is 14.9. The van der Waals surface area contributed by atoms with Crippen molar-refractivity contribution in [3.05, 3.63) is 63.8 Å². The van der Waals surface area contributed by atoms with Crippen LogP contribution in [0.5, 0.6) is 0 Å². The molecule has 0 N–H and O–H groups in total. The molecule has 0 amide bonds. The van der Waals surface area contributed by atoms with Crippen LogP contribution in [0.2, 0.25) is 0 Å². The third-order valence-electron chi connectivity index (χ3n) is 3.19. The van der Waals surface area contributed by atoms with Gasteiger partial charge >= 0.3 is 0 Å². The highest BCUT2D eigenvalue weighted by atomic mass is 79.9. The van der Waals surface area contributed by atoms with Crippen molar-refractivity contribution in [2.75, 3.05) is 0 Å². The fourth-order valence-corrected chi connectivity index (χ4v) is 3.44. The quantitative estimate of drug-likeness (QED) is 0.552. The highest BCUT2D eigenvalue weighted by Crippen LogP contribution is 2.24. The first-order valence-corrected chi connectivity index (χ1v) is 8.26. The summed E-state index contributed by atoms with van der Waals surface area (Å²) in [6.45, 7) is 0. The minimum absolute atomic E-state index is 0.708. The van der Waals surface area contributed by atoms with Crippen LogP contribution in [0.3, 0.4) is 0 Å². The number of halogens is 1. The SMILES string of the molecule is Brc1cncc(-c2nnc3sc(Cc4ccccc4)nn23)c1. The number of nitrogens with zero attached hydrogens (tertiary/aromatic N) is 5. The fourth-order valence-electron chi connectivity index (χ4n) is 2.21. The first-order chi connectivity index (χ1) is 10.8. The Balaban J connectivity index is 1.73. The van der Waals surface area contributed by atoms with Crippen molar-refractivity contribution in [3.63, 3.8) is 0 Å². The van der Waals surface area contributed by atoms with Crippen LogP contribution in [0.15, 0.2) is 53.3 Å². The Morgan fingerprint density at radius 1 is 1.09 bits per heavy atom. The average molecular weight is 372 g/mol. The van der Waals surface area contributed by atoms with E-state index in [0.29, 0.717) is 5.82 Å². The van der Waals surface area contributed by atoms with Crippen molar-refractivity contribution < 1.29 is 0 Å². The van der Waals surface area contributed by atoms with Gasteiger partial charge in [0.2, 0.25) is 4.96 Å². The number of fused-ring (bicyclic) bond motifs is 1. The molecule has 0 atom stereocenters. The number of aromatic nitrogens is 5. The molecule has 0 aliphatic rings. The summed E-state index contributed by atoms with van der Waals surface area (Å²) in [7, 11) is 0. The molecule has 108 valence electrons. The van der Waals surface area contributed by atoms with E-state index in [2.05, 4.69) is 48.3 Å². The molecule has 4 rings (SSSR count). The average Bonchev–Trinajstić information content (AvgIpc) is 3.08. The van der Waals surface area contributed by atoms with Crippen LogP contribution in [0, 0.1) is 0 Å². The number of pyridine rings is 1. The van der Waals surface area contributed by atoms with Crippen LogP contribution in [-0.4, -0.2) is 24.8 Å². The van der Waals surface area contributed by atoms with E-state index in [1.54, 1.807) is 28.2 Å². The standard InChI is InChI=1S/C15H10BrN5S/c16-12-7-11(8-17-9-12)14-18-19-15-21(14)20-13(22-15)6-10-4-2-1-3-5-10/h1-5,7-9H,6H2. The van der Waals surface area contributed by atoms with E-state index in [1.165, 1.54) is 5.56 Å². The molecule has 0 aliphatic carbocycles. The third-order valence-corrected chi connectivity index (χ3v) is 4.53. The zero-order valence-electron chi connectivity index (χ0n) is 11.3. The molecule has 3 aromatic heterocycles. The summed E-state index contributed by atoms with van der Waals surface area (Å²) in [6, 6.07) is 12.2. The smallest absolute Gasteiger partial charge is 0.234 e. The Morgan fingerprint density at radius 3 is 2.77 bits per heavy atom. The topological polar surface area (TPSA) is 56.0 Å². The van der Waals surface area contributed by atoms with Gasteiger partial charge < -0.3 is 0 Å². The fraction of sp³-hybridized carbons (Fsp3) is 0.0667. The second-order valence-electron chi connectivity index (χ2n) is 4.77. The van der Waals surface area contributed by atoms with Gasteiger partial charge in [-0.3, -0.25) is 4.98 Å². The van der Waals surface area contributed by atoms with E-state index in [4.69, 9.17) is 0 Å². The van der Waals surface area contributed by atoms with Crippen LogP contribution in [0.25, 0.3) is 16.3 Å². The van der Waals surface area contributed by atoms with Gasteiger partial charge in [0.15, 0.2) is 5.82 Å². The monoisotopic (exact) mass is 371 g/mol. The summed E-state index contributed by atoms with van der Waals surface area (Å²) in [5, 5.41) is 14.1. The molecule has 0 saturated carbocycles. The van der Waals surface area contributed by atoms with E-state index >= 15 is 0 Å². The highest BCUT2D eigenvalue weighted by Gasteiger charge is 2.14. The minimum Gasteiger partial charge on any atom is -0.263 e. The van der Waals surface area contributed by atoms with E-state index in [9.17, 15) is 0 Å². The molecular formula is C15H10BrN5S. The molecular weight excluding hydrogens is 362 g/mol. The Labute approximate surface area is 138 Å². The highest BCUT2D eigenvalue weighted by molar-refractivity contribution is 9.10. The summed E-state index contributed by atoms with van der Waals surface area (Å²) < 4.78 is 2.69. The molecule has 0 unspecified atom stereocenters. The zero-order valence-corrected chi connectivity index (χ0v) is 13.8. The van der Waals surface area contributed by atoms with Gasteiger partial charge in [-0.2, -0.15) is 9.61 Å². The van der Waals surface area contributed by atoms with Crippen molar-refractivity contribution in [1.29, 1.82) is 0 Å². The summed E-state index contributed by atoms with van der Waals surface area (Å²) >= 11 is 4.98. The molecule has 0 radical (unpaired) electrons. The largest absolute Gasteiger partial charge is 0.263 e. The molecule has 22 heavy (non-hydrogen) atoms. The number of hydrogen-bond acceptors (Lipinski definition) is 5. The van der Waals surface area contributed by atoms with Gasteiger partial charge in [-0.15, -0.1) is 10.2 Å². The maximum atomic E-state index is 4.64. The van der Waals surface area contributed by atoms with Crippen LogP contribution >= 0.6 is 27.3 Å². The van der Waals surface area contributed by atoms with E-state index in [0.717, 1.165) is 26.4 Å². The molecule has 7 heteroatoms. The second kappa shape index (κ2) is 5.58. The van der Waals surface area contributed by atoms with Gasteiger partial charge in [-0.05, 0) is 27.6 Å². The first kappa shape index (κ1) is 13.5. The molecule has 0 fully saturated rings. The van der Waals surface area contributed by atoms with Gasteiger partial charge in [-0.25, -0.2) is 0 Å². The summed E-state index contributed by atoms with van der Waals surface area (Å²) in [5.41, 5.74) is 2.12. The van der Waals surface area contributed by atoms with Gasteiger partial charge in [0.25, 0.3) is 0 Å². The van der Waals surface area contributed by atoms with Crippen LogP contribution in [-0.2, 0) is 6.42 Å². The lowest BCUT2D eigenvalue weighted by Crippen LogP contribution is -1.94. The molecule has 3 heterocycles. The maximum Gasteiger partial charge on any atom is 0.234 e. The van der Waals surface area contributed by atoms with Crippen LogP contribution in [0.1, 0.15) is 10.6 Å². The maximum absolute atomic E-state index is 4.64. The summed E-state index contributed by atoms with van der Waals surface area (Å²) in [6.07, 6.45) is 4.30. The predicted molar refractivity (Wildman–Crippen MR) is 88.8 cm³/mol.